The Morgan fingerprint density at radius 1 is 0.900 bits per heavy atom. The lowest BCUT2D eigenvalue weighted by Crippen LogP contribution is -2.26. The van der Waals surface area contributed by atoms with Gasteiger partial charge in [0, 0.05) is 0 Å². The molecule has 1 unspecified atom stereocenters. The maximum atomic E-state index is 2.40. The van der Waals surface area contributed by atoms with E-state index in [4.69, 9.17) is 0 Å². The van der Waals surface area contributed by atoms with Crippen molar-refractivity contribution in [2.45, 2.75) is 6.42 Å². The molecule has 1 aromatic carbocycles. The van der Waals surface area contributed by atoms with Gasteiger partial charge >= 0.3 is 0 Å². The lowest BCUT2D eigenvalue weighted by molar-refractivity contribution is 0.721. The van der Waals surface area contributed by atoms with Crippen LogP contribution in [0.1, 0.15) is 17.5 Å². The maximum Gasteiger partial charge on any atom is 0.0574 e. The Bertz CT molecular complexity index is 821. The van der Waals surface area contributed by atoms with Gasteiger partial charge in [0.05, 0.1) is 5.41 Å². The standard InChI is InChI=1S/C20H14/c1-2-8-16-15(7-1)17-9-5-13-20-12-4-3-6-14(20)10-11-18(16)19(17)20/h1-10,12-13H,11H2. The van der Waals surface area contributed by atoms with E-state index in [0.29, 0.717) is 0 Å². The molecule has 0 saturated carbocycles. The summed E-state index contributed by atoms with van der Waals surface area (Å²) in [6.07, 6.45) is 19.2. The molecule has 0 nitrogen and oxygen atoms in total. The first-order valence-corrected chi connectivity index (χ1v) is 7.20. The van der Waals surface area contributed by atoms with E-state index in [0.717, 1.165) is 6.42 Å². The molecule has 0 radical (unpaired) electrons. The molecular weight excluding hydrogens is 240 g/mol. The van der Waals surface area contributed by atoms with Crippen LogP contribution in [0.4, 0.5) is 0 Å². The third-order valence-electron chi connectivity index (χ3n) is 4.90. The molecule has 0 heteroatoms. The molecular formula is C20H14. The Hall–Kier alpha value is -2.34. The molecule has 1 aromatic rings. The van der Waals surface area contributed by atoms with E-state index >= 15 is 0 Å². The highest BCUT2D eigenvalue weighted by Crippen LogP contribution is 2.59. The molecule has 4 aliphatic rings. The SMILES string of the molecule is C1=CC2=CCC3=C4C(=CC=CC24C=C1)c1ccccc13. The molecule has 0 bridgehead atoms. The summed E-state index contributed by atoms with van der Waals surface area (Å²) in [6.45, 7) is 0. The predicted molar refractivity (Wildman–Crippen MR) is 83.9 cm³/mol. The molecule has 20 heavy (non-hydrogen) atoms. The summed E-state index contributed by atoms with van der Waals surface area (Å²) in [4.78, 5) is 0. The molecule has 0 saturated heterocycles. The van der Waals surface area contributed by atoms with Gasteiger partial charge in [0.25, 0.3) is 0 Å². The Kier molecular flexibility index (Phi) is 1.78. The fourth-order valence-corrected chi connectivity index (χ4v) is 4.08. The summed E-state index contributed by atoms with van der Waals surface area (Å²) < 4.78 is 0. The Labute approximate surface area is 118 Å². The molecule has 94 valence electrons. The van der Waals surface area contributed by atoms with E-state index in [-0.39, 0.29) is 5.41 Å². The number of rotatable bonds is 0. The number of benzene rings is 1. The van der Waals surface area contributed by atoms with Gasteiger partial charge in [-0.1, -0.05) is 72.9 Å². The highest BCUT2D eigenvalue weighted by atomic mass is 14.5. The summed E-state index contributed by atoms with van der Waals surface area (Å²) in [5, 5.41) is 0. The van der Waals surface area contributed by atoms with Crippen LogP contribution < -0.4 is 0 Å². The van der Waals surface area contributed by atoms with Crippen molar-refractivity contribution in [2.75, 3.05) is 0 Å². The Morgan fingerprint density at radius 2 is 1.75 bits per heavy atom. The van der Waals surface area contributed by atoms with Gasteiger partial charge in [0.1, 0.15) is 0 Å². The topological polar surface area (TPSA) is 0 Å². The zero-order valence-electron chi connectivity index (χ0n) is 11.1. The van der Waals surface area contributed by atoms with Gasteiger partial charge in [0.2, 0.25) is 0 Å². The third-order valence-corrected chi connectivity index (χ3v) is 4.90. The minimum atomic E-state index is -0.0224. The third kappa shape index (κ3) is 1.05. The minimum Gasteiger partial charge on any atom is -0.0753 e. The molecule has 0 aliphatic heterocycles. The van der Waals surface area contributed by atoms with Crippen molar-refractivity contribution >= 4 is 11.1 Å². The van der Waals surface area contributed by atoms with Gasteiger partial charge in [-0.05, 0) is 39.8 Å². The smallest absolute Gasteiger partial charge is 0.0574 e. The summed E-state index contributed by atoms with van der Waals surface area (Å²) in [6, 6.07) is 8.83. The van der Waals surface area contributed by atoms with Crippen LogP contribution in [-0.4, -0.2) is 0 Å². The Morgan fingerprint density at radius 3 is 2.70 bits per heavy atom. The Balaban J connectivity index is 1.87. The van der Waals surface area contributed by atoms with Gasteiger partial charge in [-0.15, -0.1) is 0 Å². The number of fused-ring (bicyclic) bond motifs is 3. The highest BCUT2D eigenvalue weighted by molar-refractivity contribution is 6.05. The second-order valence-corrected chi connectivity index (χ2v) is 5.79. The van der Waals surface area contributed by atoms with Gasteiger partial charge in [-0.25, -0.2) is 0 Å². The van der Waals surface area contributed by atoms with Crippen molar-refractivity contribution in [2.24, 2.45) is 5.41 Å². The summed E-state index contributed by atoms with van der Waals surface area (Å²) in [5.74, 6) is 0. The van der Waals surface area contributed by atoms with Crippen molar-refractivity contribution in [3.05, 3.63) is 95.1 Å². The minimum absolute atomic E-state index is 0.0224. The average molecular weight is 254 g/mol. The first-order chi connectivity index (χ1) is 9.90. The number of allylic oxidation sites excluding steroid dienone is 12. The van der Waals surface area contributed by atoms with Gasteiger partial charge in [-0.3, -0.25) is 0 Å². The van der Waals surface area contributed by atoms with Crippen molar-refractivity contribution < 1.29 is 0 Å². The average Bonchev–Trinajstić information content (AvgIpc) is 2.84. The molecule has 5 rings (SSSR count). The maximum absolute atomic E-state index is 2.40. The fourth-order valence-electron chi connectivity index (χ4n) is 4.08. The van der Waals surface area contributed by atoms with E-state index < -0.39 is 0 Å². The molecule has 0 N–H and O–H groups in total. The zero-order valence-corrected chi connectivity index (χ0v) is 11.1. The van der Waals surface area contributed by atoms with E-state index in [1.165, 1.54) is 33.4 Å². The van der Waals surface area contributed by atoms with E-state index in [1.54, 1.807) is 0 Å². The number of hydrogen-bond donors (Lipinski definition) is 0. The van der Waals surface area contributed by atoms with E-state index in [9.17, 15) is 0 Å². The molecule has 0 fully saturated rings. The van der Waals surface area contributed by atoms with E-state index in [2.05, 4.69) is 72.9 Å². The van der Waals surface area contributed by atoms with E-state index in [1.807, 2.05) is 0 Å². The van der Waals surface area contributed by atoms with Crippen LogP contribution >= 0.6 is 0 Å². The van der Waals surface area contributed by atoms with Crippen LogP contribution in [-0.2, 0) is 0 Å². The van der Waals surface area contributed by atoms with Gasteiger partial charge < -0.3 is 0 Å². The van der Waals surface area contributed by atoms with Crippen molar-refractivity contribution in [3.63, 3.8) is 0 Å². The summed E-state index contributed by atoms with van der Waals surface area (Å²) in [7, 11) is 0. The van der Waals surface area contributed by atoms with Crippen LogP contribution in [0.5, 0.6) is 0 Å². The van der Waals surface area contributed by atoms with Crippen LogP contribution in [0.25, 0.3) is 11.1 Å². The van der Waals surface area contributed by atoms with Gasteiger partial charge in [-0.2, -0.15) is 0 Å². The lowest BCUT2D eigenvalue weighted by Gasteiger charge is -2.38. The molecule has 0 aromatic heterocycles. The molecule has 0 amide bonds. The first-order valence-electron chi connectivity index (χ1n) is 7.20. The quantitative estimate of drug-likeness (QED) is 0.621. The van der Waals surface area contributed by atoms with Crippen LogP contribution in [0.3, 0.4) is 0 Å². The molecule has 0 heterocycles. The second kappa shape index (κ2) is 3.40. The van der Waals surface area contributed by atoms with Crippen LogP contribution in [0, 0.1) is 5.41 Å². The predicted octanol–water partition coefficient (Wildman–Crippen LogP) is 4.85. The lowest BCUT2D eigenvalue weighted by atomic mass is 9.64. The molecule has 1 spiro atoms. The first kappa shape index (κ1) is 10.4. The van der Waals surface area contributed by atoms with Crippen LogP contribution in [0.2, 0.25) is 0 Å². The molecule has 4 aliphatic carbocycles. The van der Waals surface area contributed by atoms with Gasteiger partial charge in [0.15, 0.2) is 0 Å². The van der Waals surface area contributed by atoms with Crippen molar-refractivity contribution in [1.29, 1.82) is 0 Å². The monoisotopic (exact) mass is 254 g/mol. The fraction of sp³-hybridized carbons (Fsp3) is 0.100. The molecule has 1 atom stereocenters. The normalized spacial score (nSPS) is 27.8. The number of hydrogen-bond acceptors (Lipinski definition) is 0. The summed E-state index contributed by atoms with van der Waals surface area (Å²) >= 11 is 0. The summed E-state index contributed by atoms with van der Waals surface area (Å²) in [5.41, 5.74) is 8.68. The van der Waals surface area contributed by atoms with Crippen LogP contribution in [0.15, 0.2) is 84.0 Å². The van der Waals surface area contributed by atoms with Crippen molar-refractivity contribution in [3.8, 4) is 0 Å². The second-order valence-electron chi connectivity index (χ2n) is 5.79. The largest absolute Gasteiger partial charge is 0.0753 e. The zero-order chi connectivity index (χ0) is 13.2. The highest BCUT2D eigenvalue weighted by Gasteiger charge is 2.43. The van der Waals surface area contributed by atoms with Crippen molar-refractivity contribution in [1.82, 2.24) is 0 Å².